The van der Waals surface area contributed by atoms with Crippen LogP contribution in [0.2, 0.25) is 0 Å². The molecule has 4 nitrogen and oxygen atoms in total. The fourth-order valence-electron chi connectivity index (χ4n) is 1.63. The van der Waals surface area contributed by atoms with Crippen LogP contribution < -0.4 is 4.74 Å². The summed E-state index contributed by atoms with van der Waals surface area (Å²) in [7, 11) is 1.59. The van der Waals surface area contributed by atoms with Gasteiger partial charge in [-0.05, 0) is 24.3 Å². The van der Waals surface area contributed by atoms with Crippen molar-refractivity contribution < 1.29 is 13.9 Å². The minimum atomic E-state index is -0.301. The Morgan fingerprint density at radius 2 is 2.05 bits per heavy atom. The average Bonchev–Trinajstić information content (AvgIpc) is 2.82. The first-order valence-electron chi connectivity index (χ1n) is 5.94. The van der Waals surface area contributed by atoms with Crippen molar-refractivity contribution in [2.45, 2.75) is 19.6 Å². The second-order valence-electron chi connectivity index (χ2n) is 3.99. The molecular formula is C14H13FN2O2S. The smallest absolute Gasteiger partial charge is 0.140 e. The molecule has 2 rings (SSSR count). The summed E-state index contributed by atoms with van der Waals surface area (Å²) in [5.74, 6) is 0.280. The van der Waals surface area contributed by atoms with Crippen molar-refractivity contribution in [2.75, 3.05) is 7.11 Å². The minimum absolute atomic E-state index is 0.290. The number of hydrogen-bond acceptors (Lipinski definition) is 5. The van der Waals surface area contributed by atoms with Gasteiger partial charge in [-0.15, -0.1) is 11.3 Å². The van der Waals surface area contributed by atoms with Crippen molar-refractivity contribution in [1.29, 1.82) is 5.26 Å². The van der Waals surface area contributed by atoms with Crippen LogP contribution in [-0.4, -0.2) is 12.1 Å². The van der Waals surface area contributed by atoms with Gasteiger partial charge in [0.15, 0.2) is 0 Å². The van der Waals surface area contributed by atoms with Crippen LogP contribution in [0.25, 0.3) is 0 Å². The van der Waals surface area contributed by atoms with Crippen molar-refractivity contribution in [3.8, 4) is 11.8 Å². The van der Waals surface area contributed by atoms with Crippen molar-refractivity contribution in [3.63, 3.8) is 0 Å². The van der Waals surface area contributed by atoms with Crippen LogP contribution >= 0.6 is 11.3 Å². The summed E-state index contributed by atoms with van der Waals surface area (Å²) in [6.45, 7) is 0.669. The Morgan fingerprint density at radius 1 is 1.30 bits per heavy atom. The molecule has 0 bridgehead atoms. The van der Waals surface area contributed by atoms with Crippen molar-refractivity contribution in [2.24, 2.45) is 0 Å². The maximum Gasteiger partial charge on any atom is 0.140 e. The topological polar surface area (TPSA) is 55.1 Å². The number of nitriles is 1. The molecule has 0 aliphatic rings. The monoisotopic (exact) mass is 292 g/mol. The molecule has 6 heteroatoms. The van der Waals surface area contributed by atoms with E-state index >= 15 is 0 Å². The molecular weight excluding hydrogens is 279 g/mol. The average molecular weight is 292 g/mol. The summed E-state index contributed by atoms with van der Waals surface area (Å²) in [6.07, 6.45) is 0.312. The molecule has 0 amide bonds. The maximum absolute atomic E-state index is 12.8. The van der Waals surface area contributed by atoms with E-state index in [1.165, 1.54) is 23.5 Å². The molecule has 104 valence electrons. The Morgan fingerprint density at radius 3 is 2.70 bits per heavy atom. The molecule has 0 aliphatic heterocycles. The van der Waals surface area contributed by atoms with Crippen molar-refractivity contribution in [1.82, 2.24) is 4.98 Å². The van der Waals surface area contributed by atoms with Gasteiger partial charge in [-0.2, -0.15) is 5.26 Å². The predicted molar refractivity (Wildman–Crippen MR) is 72.9 cm³/mol. The Labute approximate surface area is 120 Å². The van der Waals surface area contributed by atoms with E-state index in [0.29, 0.717) is 25.4 Å². The number of aromatic nitrogens is 1. The van der Waals surface area contributed by atoms with Crippen molar-refractivity contribution in [3.05, 3.63) is 45.7 Å². The van der Waals surface area contributed by atoms with E-state index in [0.717, 1.165) is 15.6 Å². The summed E-state index contributed by atoms with van der Waals surface area (Å²) >= 11 is 1.43. The van der Waals surface area contributed by atoms with Gasteiger partial charge in [-0.3, -0.25) is 0 Å². The van der Waals surface area contributed by atoms with Gasteiger partial charge < -0.3 is 9.47 Å². The van der Waals surface area contributed by atoms with Crippen LogP contribution in [0.5, 0.6) is 5.75 Å². The largest absolute Gasteiger partial charge is 0.486 e. The Hall–Kier alpha value is -1.97. The summed E-state index contributed by atoms with van der Waals surface area (Å²) in [4.78, 5) is 5.29. The zero-order valence-electron chi connectivity index (χ0n) is 10.9. The number of halogens is 1. The predicted octanol–water partition coefficient (Wildman–Crippen LogP) is 3.07. The molecule has 0 unspecified atom stereocenters. The minimum Gasteiger partial charge on any atom is -0.486 e. The van der Waals surface area contributed by atoms with E-state index in [1.54, 1.807) is 19.2 Å². The Kier molecular flexibility index (Phi) is 5.04. The molecule has 0 aliphatic carbocycles. The van der Waals surface area contributed by atoms with E-state index in [-0.39, 0.29) is 5.82 Å². The third-order valence-electron chi connectivity index (χ3n) is 2.52. The fourth-order valence-corrected chi connectivity index (χ4v) is 2.55. The number of hydrogen-bond donors (Lipinski definition) is 0. The second kappa shape index (κ2) is 6.98. The van der Waals surface area contributed by atoms with E-state index in [1.807, 2.05) is 0 Å². The Balaban J connectivity index is 2.04. The molecule has 0 saturated heterocycles. The molecule has 0 fully saturated rings. The summed E-state index contributed by atoms with van der Waals surface area (Å²) in [6, 6.07) is 7.92. The summed E-state index contributed by atoms with van der Waals surface area (Å²) in [5.41, 5.74) is 0.775. The first-order chi connectivity index (χ1) is 9.72. The SMILES string of the molecule is COCc1nc(COc2ccc(F)cc2)sc1CC#N. The molecule has 0 spiro atoms. The third-order valence-corrected chi connectivity index (χ3v) is 3.59. The van der Waals surface area contributed by atoms with Crippen LogP contribution in [0.3, 0.4) is 0 Å². The summed E-state index contributed by atoms with van der Waals surface area (Å²) in [5, 5.41) is 9.55. The number of ether oxygens (including phenoxy) is 2. The Bertz CT molecular complexity index is 605. The van der Waals surface area contributed by atoms with Crippen LogP contribution in [0.15, 0.2) is 24.3 Å². The number of benzene rings is 1. The third kappa shape index (κ3) is 3.76. The van der Waals surface area contributed by atoms with Gasteiger partial charge in [-0.1, -0.05) is 0 Å². The highest BCUT2D eigenvalue weighted by molar-refractivity contribution is 7.11. The zero-order valence-corrected chi connectivity index (χ0v) is 11.7. The highest BCUT2D eigenvalue weighted by Crippen LogP contribution is 2.22. The first kappa shape index (κ1) is 14.4. The molecule has 0 N–H and O–H groups in total. The maximum atomic E-state index is 12.8. The van der Waals surface area contributed by atoms with E-state index in [2.05, 4.69) is 11.1 Å². The van der Waals surface area contributed by atoms with Gasteiger partial charge in [0.05, 0.1) is 24.8 Å². The lowest BCUT2D eigenvalue weighted by Gasteiger charge is -2.03. The lowest BCUT2D eigenvalue weighted by atomic mass is 10.3. The highest BCUT2D eigenvalue weighted by Gasteiger charge is 2.11. The molecule has 1 aromatic carbocycles. The summed E-state index contributed by atoms with van der Waals surface area (Å²) < 4.78 is 23.4. The lowest BCUT2D eigenvalue weighted by Crippen LogP contribution is -1.96. The van der Waals surface area contributed by atoms with E-state index in [9.17, 15) is 4.39 Å². The van der Waals surface area contributed by atoms with Crippen molar-refractivity contribution >= 4 is 11.3 Å². The van der Waals surface area contributed by atoms with Crippen LogP contribution in [0.4, 0.5) is 4.39 Å². The molecule has 20 heavy (non-hydrogen) atoms. The van der Waals surface area contributed by atoms with E-state index in [4.69, 9.17) is 14.7 Å². The molecule has 0 atom stereocenters. The zero-order chi connectivity index (χ0) is 14.4. The second-order valence-corrected chi connectivity index (χ2v) is 5.16. The van der Waals surface area contributed by atoms with Gasteiger partial charge in [0.25, 0.3) is 0 Å². The number of thiazole rings is 1. The van der Waals surface area contributed by atoms with Gasteiger partial charge in [0, 0.05) is 12.0 Å². The van der Waals surface area contributed by atoms with E-state index < -0.39 is 0 Å². The highest BCUT2D eigenvalue weighted by atomic mass is 32.1. The number of nitrogens with zero attached hydrogens (tertiary/aromatic N) is 2. The number of rotatable bonds is 6. The van der Waals surface area contributed by atoms with Crippen LogP contribution in [0, 0.1) is 17.1 Å². The quantitative estimate of drug-likeness (QED) is 0.821. The van der Waals surface area contributed by atoms with Crippen LogP contribution in [0.1, 0.15) is 15.6 Å². The van der Waals surface area contributed by atoms with Gasteiger partial charge in [-0.25, -0.2) is 9.37 Å². The molecule has 0 saturated carbocycles. The lowest BCUT2D eigenvalue weighted by molar-refractivity contribution is 0.181. The standard InChI is InChI=1S/C14H13FN2O2S/c1-18-8-12-13(6-7-16)20-14(17-12)9-19-11-4-2-10(15)3-5-11/h2-5H,6,8-9H2,1H3. The van der Waals surface area contributed by atoms with Gasteiger partial charge in [0.2, 0.25) is 0 Å². The molecule has 1 aromatic heterocycles. The first-order valence-corrected chi connectivity index (χ1v) is 6.76. The van der Waals surface area contributed by atoms with Gasteiger partial charge >= 0.3 is 0 Å². The van der Waals surface area contributed by atoms with Gasteiger partial charge in [0.1, 0.15) is 23.2 Å². The molecule has 2 aromatic rings. The van der Waals surface area contributed by atoms with Crippen LogP contribution in [-0.2, 0) is 24.4 Å². The number of methoxy groups -OCH3 is 1. The normalized spacial score (nSPS) is 10.2. The fraction of sp³-hybridized carbons (Fsp3) is 0.286. The molecule has 0 radical (unpaired) electrons. The molecule has 1 heterocycles.